The Kier molecular flexibility index (Phi) is 4.69. The van der Waals surface area contributed by atoms with Crippen molar-refractivity contribution in [3.63, 3.8) is 0 Å². The molecule has 15 heavy (non-hydrogen) atoms. The molecule has 0 unspecified atom stereocenters. The van der Waals surface area contributed by atoms with Crippen LogP contribution in [0.3, 0.4) is 0 Å². The Morgan fingerprint density at radius 3 is 2.27 bits per heavy atom. The summed E-state index contributed by atoms with van der Waals surface area (Å²) in [5.41, 5.74) is 4.78. The lowest BCUT2D eigenvalue weighted by Gasteiger charge is -2.18. The van der Waals surface area contributed by atoms with Gasteiger partial charge in [-0.15, -0.1) is 0 Å². The largest absolute Gasteiger partial charge is 0.480 e. The fourth-order valence-electron chi connectivity index (χ4n) is 0.606. The van der Waals surface area contributed by atoms with Crippen molar-refractivity contribution in [2.75, 3.05) is 12.4 Å². The smallest absolute Gasteiger partial charge is 0.321 e. The van der Waals surface area contributed by atoms with Crippen LogP contribution in [0.25, 0.3) is 0 Å². The van der Waals surface area contributed by atoms with Gasteiger partial charge in [-0.05, 0) is 5.41 Å². The van der Waals surface area contributed by atoms with Crippen molar-refractivity contribution in [1.29, 1.82) is 0 Å². The Bertz CT molecular complexity index is 316. The van der Waals surface area contributed by atoms with Crippen LogP contribution in [0.2, 0.25) is 0 Å². The molecule has 0 bridgehead atoms. The maximum atomic E-state index is 11.2. The van der Waals surface area contributed by atoms with Gasteiger partial charge in [0.05, 0.1) is 6.61 Å². The zero-order valence-corrected chi connectivity index (χ0v) is 9.87. The van der Waals surface area contributed by atoms with Crippen LogP contribution in [-0.2, 0) is 19.1 Å². The van der Waals surface area contributed by atoms with Crippen LogP contribution < -0.4 is 5.73 Å². The highest BCUT2D eigenvalue weighted by Gasteiger charge is 2.24. The third-order valence-electron chi connectivity index (χ3n) is 1.37. The minimum atomic E-state index is -3.86. The Labute approximate surface area is 89.5 Å². The zero-order chi connectivity index (χ0) is 12.3. The van der Waals surface area contributed by atoms with Gasteiger partial charge in [-0.25, -0.2) is 0 Å². The standard InChI is InChI=1S/C8H17NO5S/c1-8(2,3)5-14-15(12,13)4-6(9)7(10)11/h6H,4-5,9H2,1-3H3,(H,10,11)/t6-/m0/s1. The lowest BCUT2D eigenvalue weighted by molar-refractivity contribution is -0.138. The quantitative estimate of drug-likeness (QED) is 0.643. The van der Waals surface area contributed by atoms with E-state index >= 15 is 0 Å². The molecule has 3 N–H and O–H groups in total. The average molecular weight is 239 g/mol. The summed E-state index contributed by atoms with van der Waals surface area (Å²) in [6, 6.07) is -1.45. The molecule has 0 rings (SSSR count). The van der Waals surface area contributed by atoms with Gasteiger partial charge in [0.2, 0.25) is 0 Å². The maximum absolute atomic E-state index is 11.2. The van der Waals surface area contributed by atoms with E-state index in [2.05, 4.69) is 4.18 Å². The van der Waals surface area contributed by atoms with E-state index in [1.165, 1.54) is 0 Å². The van der Waals surface area contributed by atoms with Crippen LogP contribution in [0.15, 0.2) is 0 Å². The summed E-state index contributed by atoms with van der Waals surface area (Å²) in [6.45, 7) is 5.42. The molecule has 1 atom stereocenters. The number of carboxylic acids is 1. The monoisotopic (exact) mass is 239 g/mol. The van der Waals surface area contributed by atoms with E-state index in [4.69, 9.17) is 10.8 Å². The van der Waals surface area contributed by atoms with E-state index in [9.17, 15) is 13.2 Å². The van der Waals surface area contributed by atoms with Crippen molar-refractivity contribution in [2.45, 2.75) is 26.8 Å². The van der Waals surface area contributed by atoms with Crippen molar-refractivity contribution in [3.05, 3.63) is 0 Å². The predicted molar refractivity (Wildman–Crippen MR) is 54.8 cm³/mol. The molecule has 0 aliphatic heterocycles. The van der Waals surface area contributed by atoms with Crippen LogP contribution in [0, 0.1) is 5.41 Å². The Hall–Kier alpha value is -0.660. The van der Waals surface area contributed by atoms with Crippen LogP contribution in [0.5, 0.6) is 0 Å². The number of hydrogen-bond acceptors (Lipinski definition) is 5. The summed E-state index contributed by atoms with van der Waals surface area (Å²) in [4.78, 5) is 10.3. The summed E-state index contributed by atoms with van der Waals surface area (Å²) < 4.78 is 27.1. The zero-order valence-electron chi connectivity index (χ0n) is 9.06. The number of rotatable bonds is 5. The first kappa shape index (κ1) is 14.3. The number of hydrogen-bond donors (Lipinski definition) is 2. The van der Waals surface area contributed by atoms with Gasteiger partial charge in [0.1, 0.15) is 11.8 Å². The normalized spacial score (nSPS) is 14.9. The van der Waals surface area contributed by atoms with Crippen molar-refractivity contribution in [3.8, 4) is 0 Å². The lowest BCUT2D eigenvalue weighted by atomic mass is 9.99. The van der Waals surface area contributed by atoms with E-state index in [1.54, 1.807) is 20.8 Å². The molecular weight excluding hydrogens is 222 g/mol. The Balaban J connectivity index is 4.27. The molecule has 0 saturated heterocycles. The summed E-state index contributed by atoms with van der Waals surface area (Å²) in [7, 11) is -3.86. The summed E-state index contributed by atoms with van der Waals surface area (Å²) in [5, 5.41) is 8.43. The predicted octanol–water partition coefficient (Wildman–Crippen LogP) is -0.209. The first-order chi connectivity index (χ1) is 6.53. The molecule has 7 heteroatoms. The molecule has 0 aromatic heterocycles. The minimum absolute atomic E-state index is 0.00166. The van der Waals surface area contributed by atoms with E-state index in [0.29, 0.717) is 0 Å². The molecular formula is C8H17NO5S. The lowest BCUT2D eigenvalue weighted by Crippen LogP contribution is -2.38. The van der Waals surface area contributed by atoms with E-state index in [1.807, 2.05) is 0 Å². The minimum Gasteiger partial charge on any atom is -0.480 e. The summed E-state index contributed by atoms with van der Waals surface area (Å²) >= 11 is 0. The second kappa shape index (κ2) is 4.91. The average Bonchev–Trinajstić information content (AvgIpc) is 1.99. The van der Waals surface area contributed by atoms with Gasteiger partial charge < -0.3 is 10.8 Å². The first-order valence-corrected chi connectivity index (χ1v) is 5.97. The van der Waals surface area contributed by atoms with Crippen molar-refractivity contribution in [1.82, 2.24) is 0 Å². The van der Waals surface area contributed by atoms with Gasteiger partial charge in [0, 0.05) is 0 Å². The van der Waals surface area contributed by atoms with Gasteiger partial charge >= 0.3 is 5.97 Å². The topological polar surface area (TPSA) is 107 Å². The van der Waals surface area contributed by atoms with Gasteiger partial charge in [0.15, 0.2) is 0 Å². The second-order valence-corrected chi connectivity index (χ2v) is 6.18. The molecule has 0 aromatic rings. The molecule has 0 aliphatic carbocycles. The molecule has 0 spiro atoms. The first-order valence-electron chi connectivity index (χ1n) is 4.39. The Morgan fingerprint density at radius 1 is 1.47 bits per heavy atom. The van der Waals surface area contributed by atoms with Gasteiger partial charge in [-0.1, -0.05) is 20.8 Å². The molecule has 90 valence electrons. The number of aliphatic carboxylic acids is 1. The van der Waals surface area contributed by atoms with Gasteiger partial charge in [0.25, 0.3) is 10.1 Å². The fourth-order valence-corrected chi connectivity index (χ4v) is 1.82. The van der Waals surface area contributed by atoms with Crippen LogP contribution in [0.4, 0.5) is 0 Å². The van der Waals surface area contributed by atoms with Crippen molar-refractivity contribution >= 4 is 16.1 Å². The van der Waals surface area contributed by atoms with Crippen molar-refractivity contribution in [2.24, 2.45) is 11.1 Å². The molecule has 0 fully saturated rings. The van der Waals surface area contributed by atoms with Crippen LogP contribution >= 0.6 is 0 Å². The SMILES string of the molecule is CC(C)(C)COS(=O)(=O)C[C@H](N)C(=O)O. The number of carboxylic acid groups (broad SMARTS) is 1. The summed E-state index contributed by atoms with van der Waals surface area (Å²) in [5.74, 6) is -2.07. The molecule has 0 radical (unpaired) electrons. The van der Waals surface area contributed by atoms with Crippen LogP contribution in [-0.4, -0.2) is 37.9 Å². The van der Waals surface area contributed by atoms with E-state index in [-0.39, 0.29) is 12.0 Å². The summed E-state index contributed by atoms with van der Waals surface area (Å²) in [6.07, 6.45) is 0. The van der Waals surface area contributed by atoms with Gasteiger partial charge in [-0.2, -0.15) is 8.42 Å². The molecule has 6 nitrogen and oxygen atoms in total. The molecule has 0 amide bonds. The molecule has 0 aromatic carbocycles. The molecule has 0 aliphatic rings. The highest BCUT2D eigenvalue weighted by molar-refractivity contribution is 7.86. The highest BCUT2D eigenvalue weighted by Crippen LogP contribution is 2.14. The fraction of sp³-hybridized carbons (Fsp3) is 0.875. The van der Waals surface area contributed by atoms with Crippen LogP contribution in [0.1, 0.15) is 20.8 Å². The third kappa shape index (κ3) is 7.29. The van der Waals surface area contributed by atoms with E-state index < -0.39 is 27.9 Å². The second-order valence-electron chi connectivity index (χ2n) is 4.49. The molecule has 0 saturated carbocycles. The highest BCUT2D eigenvalue weighted by atomic mass is 32.2. The maximum Gasteiger partial charge on any atom is 0.321 e. The number of nitrogens with two attached hydrogens (primary N) is 1. The van der Waals surface area contributed by atoms with Gasteiger partial charge in [-0.3, -0.25) is 8.98 Å². The Morgan fingerprint density at radius 2 is 1.93 bits per heavy atom. The molecule has 0 heterocycles. The van der Waals surface area contributed by atoms with Crippen molar-refractivity contribution < 1.29 is 22.5 Å². The third-order valence-corrected chi connectivity index (χ3v) is 2.62. The van der Waals surface area contributed by atoms with E-state index in [0.717, 1.165) is 0 Å². The number of carbonyl (C=O) groups is 1.